The molecule has 0 rings (SSSR count). The van der Waals surface area contributed by atoms with Gasteiger partial charge in [-0.15, -0.1) is 0 Å². The highest BCUT2D eigenvalue weighted by Crippen LogP contribution is 2.37. The lowest BCUT2D eigenvalue weighted by molar-refractivity contribution is -0.863. The smallest absolute Gasteiger partial charge is 0.242 e. The summed E-state index contributed by atoms with van der Waals surface area (Å²) in [5.74, 6) is 0. The third kappa shape index (κ3) is 6.55. The molecule has 0 bridgehead atoms. The second-order valence-electron chi connectivity index (χ2n) is 5.15. The van der Waals surface area contributed by atoms with Crippen LogP contribution in [-0.2, 0) is 4.57 Å². The molecule has 0 aliphatic rings. The standard InChI is InChI=1S/C9H24N3OP/c1-10(2)7-14(13,8-11(3)4)9-12(5)6/h7-9H2,1-6H3/p+3. The molecular weight excluding hydrogens is 197 g/mol. The molecular formula is C9H27N3OP+3. The van der Waals surface area contributed by atoms with E-state index in [1.807, 2.05) is 0 Å². The van der Waals surface area contributed by atoms with Crippen LogP contribution in [0.1, 0.15) is 0 Å². The van der Waals surface area contributed by atoms with Gasteiger partial charge in [0.2, 0.25) is 7.14 Å². The summed E-state index contributed by atoms with van der Waals surface area (Å²) >= 11 is 0. The average molecular weight is 224 g/mol. The van der Waals surface area contributed by atoms with E-state index in [1.54, 1.807) is 0 Å². The van der Waals surface area contributed by atoms with Crippen molar-refractivity contribution < 1.29 is 19.3 Å². The fraction of sp³-hybridized carbons (Fsp3) is 1.00. The highest BCUT2D eigenvalue weighted by atomic mass is 31.2. The Bertz CT molecular complexity index is 171. The lowest BCUT2D eigenvalue weighted by Crippen LogP contribution is -3.11. The molecule has 0 aliphatic carbocycles. The molecule has 5 heteroatoms. The predicted molar refractivity (Wildman–Crippen MR) is 60.6 cm³/mol. The van der Waals surface area contributed by atoms with Crippen LogP contribution < -0.4 is 14.7 Å². The van der Waals surface area contributed by atoms with Crippen LogP contribution in [0, 0.1) is 0 Å². The molecule has 0 radical (unpaired) electrons. The Morgan fingerprint density at radius 2 is 0.929 bits per heavy atom. The number of nitrogens with one attached hydrogen (secondary N) is 3. The van der Waals surface area contributed by atoms with Crippen LogP contribution in [0.15, 0.2) is 0 Å². The highest BCUT2D eigenvalue weighted by molar-refractivity contribution is 7.63. The Kier molecular flexibility index (Phi) is 5.91. The van der Waals surface area contributed by atoms with Crippen LogP contribution in [0.5, 0.6) is 0 Å². The van der Waals surface area contributed by atoms with Gasteiger partial charge in [-0.2, -0.15) is 0 Å². The van der Waals surface area contributed by atoms with Crippen LogP contribution >= 0.6 is 7.14 Å². The molecule has 0 aliphatic heterocycles. The molecule has 0 saturated heterocycles. The van der Waals surface area contributed by atoms with Crippen molar-refractivity contribution in [3.63, 3.8) is 0 Å². The van der Waals surface area contributed by atoms with Gasteiger partial charge in [-0.1, -0.05) is 0 Å². The van der Waals surface area contributed by atoms with Gasteiger partial charge >= 0.3 is 0 Å². The molecule has 0 heterocycles. The molecule has 3 N–H and O–H groups in total. The van der Waals surface area contributed by atoms with Gasteiger partial charge in [0.1, 0.15) is 18.9 Å². The number of quaternary nitrogens is 3. The van der Waals surface area contributed by atoms with Crippen LogP contribution in [-0.4, -0.2) is 61.1 Å². The van der Waals surface area contributed by atoms with Gasteiger partial charge in [0.15, 0.2) is 0 Å². The average Bonchev–Trinajstić information content (AvgIpc) is 1.76. The molecule has 86 valence electrons. The first-order chi connectivity index (χ1) is 6.25. The van der Waals surface area contributed by atoms with E-state index in [0.717, 1.165) is 18.9 Å². The molecule has 0 unspecified atom stereocenters. The normalized spacial score (nSPS) is 13.2. The Morgan fingerprint density at radius 1 is 0.714 bits per heavy atom. The van der Waals surface area contributed by atoms with Crippen LogP contribution in [0.25, 0.3) is 0 Å². The van der Waals surface area contributed by atoms with Crippen LogP contribution in [0.2, 0.25) is 0 Å². The summed E-state index contributed by atoms with van der Waals surface area (Å²) in [5, 5.41) is 0. The Morgan fingerprint density at radius 3 is 1.07 bits per heavy atom. The van der Waals surface area contributed by atoms with Crippen molar-refractivity contribution in [3.8, 4) is 0 Å². The highest BCUT2D eigenvalue weighted by Gasteiger charge is 2.32. The van der Waals surface area contributed by atoms with E-state index in [-0.39, 0.29) is 0 Å². The van der Waals surface area contributed by atoms with Crippen molar-refractivity contribution in [1.29, 1.82) is 0 Å². The van der Waals surface area contributed by atoms with E-state index in [9.17, 15) is 4.57 Å². The summed E-state index contributed by atoms with van der Waals surface area (Å²) in [4.78, 5) is 3.86. The molecule has 0 atom stereocenters. The molecule has 0 aromatic rings. The summed E-state index contributed by atoms with van der Waals surface area (Å²) < 4.78 is 12.6. The molecule has 0 aromatic heterocycles. The fourth-order valence-electron chi connectivity index (χ4n) is 1.90. The summed E-state index contributed by atoms with van der Waals surface area (Å²) in [6.07, 6.45) is 2.43. The van der Waals surface area contributed by atoms with Crippen molar-refractivity contribution in [2.75, 3.05) is 61.1 Å². The van der Waals surface area contributed by atoms with Crippen molar-refractivity contribution >= 4 is 7.14 Å². The minimum absolute atomic E-state index is 0.809. The Hall–Kier alpha value is 0.110. The SMILES string of the molecule is C[NH+](C)CP(=O)(C[NH+](C)C)C[NH+](C)C. The molecule has 0 fully saturated rings. The zero-order chi connectivity index (χ0) is 11.4. The van der Waals surface area contributed by atoms with Gasteiger partial charge in [0.25, 0.3) is 0 Å². The maximum absolute atomic E-state index is 12.6. The van der Waals surface area contributed by atoms with Crippen LogP contribution in [0.3, 0.4) is 0 Å². The van der Waals surface area contributed by atoms with E-state index in [1.165, 1.54) is 14.7 Å². The Balaban J connectivity index is 4.41. The zero-order valence-electron chi connectivity index (χ0n) is 10.5. The molecule has 4 nitrogen and oxygen atoms in total. The minimum atomic E-state index is -2.00. The maximum Gasteiger partial charge on any atom is 0.242 e. The van der Waals surface area contributed by atoms with Gasteiger partial charge in [0.05, 0.1) is 42.3 Å². The van der Waals surface area contributed by atoms with Gasteiger partial charge in [0, 0.05) is 0 Å². The minimum Gasteiger partial charge on any atom is -0.333 e. The van der Waals surface area contributed by atoms with E-state index >= 15 is 0 Å². The van der Waals surface area contributed by atoms with Crippen molar-refractivity contribution in [3.05, 3.63) is 0 Å². The fourth-order valence-corrected chi connectivity index (χ4v) is 5.69. The number of hydrogen-bond donors (Lipinski definition) is 3. The van der Waals surface area contributed by atoms with Gasteiger partial charge in [-0.05, 0) is 0 Å². The third-order valence-electron chi connectivity index (χ3n) is 1.81. The number of rotatable bonds is 6. The summed E-state index contributed by atoms with van der Waals surface area (Å²) in [6, 6.07) is 0. The molecule has 0 spiro atoms. The zero-order valence-corrected chi connectivity index (χ0v) is 11.4. The second-order valence-corrected chi connectivity index (χ2v) is 8.22. The summed E-state index contributed by atoms with van der Waals surface area (Å²) in [6.45, 7) is 0. The molecule has 0 saturated carbocycles. The maximum atomic E-state index is 12.6. The van der Waals surface area contributed by atoms with E-state index < -0.39 is 7.14 Å². The molecule has 14 heavy (non-hydrogen) atoms. The predicted octanol–water partition coefficient (Wildman–Crippen LogP) is -3.34. The van der Waals surface area contributed by atoms with E-state index in [4.69, 9.17) is 0 Å². The quantitative estimate of drug-likeness (QED) is 0.405. The third-order valence-corrected chi connectivity index (χ3v) is 5.44. The lowest BCUT2D eigenvalue weighted by Gasteiger charge is -2.22. The van der Waals surface area contributed by atoms with Crippen molar-refractivity contribution in [2.45, 2.75) is 0 Å². The van der Waals surface area contributed by atoms with Gasteiger partial charge in [-0.25, -0.2) is 0 Å². The lowest BCUT2D eigenvalue weighted by atomic mass is 11.0. The first-order valence-electron chi connectivity index (χ1n) is 5.19. The largest absolute Gasteiger partial charge is 0.333 e. The van der Waals surface area contributed by atoms with E-state index in [0.29, 0.717) is 0 Å². The first kappa shape index (κ1) is 14.1. The van der Waals surface area contributed by atoms with E-state index in [2.05, 4.69) is 42.3 Å². The monoisotopic (exact) mass is 224 g/mol. The van der Waals surface area contributed by atoms with Gasteiger partial charge < -0.3 is 19.3 Å². The summed E-state index contributed by atoms with van der Waals surface area (Å²) in [5.41, 5.74) is 0. The van der Waals surface area contributed by atoms with Crippen LogP contribution in [0.4, 0.5) is 0 Å². The topological polar surface area (TPSA) is 30.4 Å². The van der Waals surface area contributed by atoms with Gasteiger partial charge in [-0.3, -0.25) is 0 Å². The molecule has 0 amide bonds. The second kappa shape index (κ2) is 5.86. The Labute approximate surface area is 88.2 Å². The summed E-state index contributed by atoms with van der Waals surface area (Å²) in [7, 11) is 10.4. The first-order valence-corrected chi connectivity index (χ1v) is 7.45. The number of hydrogen-bond acceptors (Lipinski definition) is 1. The molecule has 0 aromatic carbocycles. The van der Waals surface area contributed by atoms with Crippen molar-refractivity contribution in [1.82, 2.24) is 0 Å². The van der Waals surface area contributed by atoms with Crippen molar-refractivity contribution in [2.24, 2.45) is 0 Å².